The van der Waals surface area contributed by atoms with Gasteiger partial charge in [0.1, 0.15) is 28.6 Å². The average molecular weight is 381 g/mol. The fourth-order valence-electron chi connectivity index (χ4n) is 2.75. The maximum Gasteiger partial charge on any atom is 0.155 e. The van der Waals surface area contributed by atoms with Gasteiger partial charge in [-0.05, 0) is 42.3 Å². The topological polar surface area (TPSA) is 96.7 Å². The van der Waals surface area contributed by atoms with Crippen LogP contribution in [0.1, 0.15) is 17.8 Å². The lowest BCUT2D eigenvalue weighted by Crippen LogP contribution is -2.07. The van der Waals surface area contributed by atoms with Crippen molar-refractivity contribution in [3.63, 3.8) is 0 Å². The van der Waals surface area contributed by atoms with Crippen LogP contribution >= 0.6 is 0 Å². The van der Waals surface area contributed by atoms with Crippen molar-refractivity contribution in [3.05, 3.63) is 47.8 Å². The van der Waals surface area contributed by atoms with Gasteiger partial charge in [0.25, 0.3) is 0 Å². The van der Waals surface area contributed by atoms with Crippen LogP contribution in [0.15, 0.2) is 36.4 Å². The van der Waals surface area contributed by atoms with Gasteiger partial charge in [0, 0.05) is 24.6 Å². The Labute approximate surface area is 163 Å². The minimum absolute atomic E-state index is 0.0859. The maximum atomic E-state index is 10.2. The number of rotatable bonds is 8. The molecule has 28 heavy (non-hydrogen) atoms. The van der Waals surface area contributed by atoms with Crippen LogP contribution in [-0.2, 0) is 0 Å². The van der Waals surface area contributed by atoms with E-state index in [-0.39, 0.29) is 12.4 Å². The zero-order valence-corrected chi connectivity index (χ0v) is 15.8. The molecule has 0 unspecified atom stereocenters. The highest BCUT2D eigenvalue weighted by Gasteiger charge is 2.09. The first-order valence-electron chi connectivity index (χ1n) is 8.90. The highest BCUT2D eigenvalue weighted by molar-refractivity contribution is 5.93. The molecule has 1 aromatic heterocycles. The number of aliphatic hydroxyl groups excluding tert-OH is 1. The van der Waals surface area contributed by atoms with E-state index < -0.39 is 0 Å². The van der Waals surface area contributed by atoms with Crippen molar-refractivity contribution in [3.8, 4) is 17.2 Å². The van der Waals surface area contributed by atoms with Crippen LogP contribution in [-0.4, -0.2) is 47.6 Å². The number of benzene rings is 2. The molecule has 7 heteroatoms. The molecule has 0 saturated carbocycles. The number of fused-ring (bicyclic) bond motifs is 1. The molecule has 3 aromatic rings. The first kappa shape index (κ1) is 19.4. The Bertz CT molecular complexity index is 967. The van der Waals surface area contributed by atoms with Crippen molar-refractivity contribution in [2.24, 2.45) is 0 Å². The molecule has 146 valence electrons. The molecule has 2 aromatic carbocycles. The van der Waals surface area contributed by atoms with Crippen molar-refractivity contribution >= 4 is 28.9 Å². The van der Waals surface area contributed by atoms with E-state index in [9.17, 15) is 5.11 Å². The molecular weight excluding hydrogens is 358 g/mol. The lowest BCUT2D eigenvalue weighted by atomic mass is 10.1. The minimum Gasteiger partial charge on any atom is -0.506 e. The molecule has 0 aliphatic heterocycles. The van der Waals surface area contributed by atoms with Gasteiger partial charge in [-0.3, -0.25) is 0 Å². The molecule has 0 aliphatic carbocycles. The number of phenolic OH excluding ortho intramolecular Hbond substituents is 1. The van der Waals surface area contributed by atoms with E-state index in [1.165, 1.54) is 0 Å². The molecule has 0 saturated heterocycles. The summed E-state index contributed by atoms with van der Waals surface area (Å²) in [5.41, 5.74) is 1.33. The first-order chi connectivity index (χ1) is 13.6. The third-order valence-electron chi connectivity index (χ3n) is 4.15. The molecule has 0 radical (unpaired) electrons. The molecule has 0 spiro atoms. The highest BCUT2D eigenvalue weighted by Crippen LogP contribution is 2.28. The van der Waals surface area contributed by atoms with Gasteiger partial charge in [0.15, 0.2) is 5.82 Å². The molecular formula is C21H23N3O4. The van der Waals surface area contributed by atoms with Gasteiger partial charge in [-0.15, -0.1) is 0 Å². The van der Waals surface area contributed by atoms with Crippen LogP contribution in [0.25, 0.3) is 23.1 Å². The molecule has 0 amide bonds. The van der Waals surface area contributed by atoms with Crippen molar-refractivity contribution in [1.82, 2.24) is 9.97 Å². The van der Waals surface area contributed by atoms with Gasteiger partial charge in [0.05, 0.1) is 14.2 Å². The van der Waals surface area contributed by atoms with Crippen LogP contribution < -0.4 is 14.8 Å². The third kappa shape index (κ3) is 4.50. The average Bonchev–Trinajstić information content (AvgIpc) is 2.72. The number of para-hydroxylation sites is 1. The summed E-state index contributed by atoms with van der Waals surface area (Å²) in [5.74, 6) is 2.51. The van der Waals surface area contributed by atoms with Crippen LogP contribution in [0.3, 0.4) is 0 Å². The fraction of sp³-hybridized carbons (Fsp3) is 0.238. The number of aliphatic hydroxyl groups is 1. The summed E-state index contributed by atoms with van der Waals surface area (Å²) >= 11 is 0. The van der Waals surface area contributed by atoms with Gasteiger partial charge >= 0.3 is 0 Å². The van der Waals surface area contributed by atoms with Gasteiger partial charge in [-0.2, -0.15) is 0 Å². The number of phenols is 1. The van der Waals surface area contributed by atoms with E-state index in [1.807, 2.05) is 24.3 Å². The van der Waals surface area contributed by atoms with E-state index >= 15 is 0 Å². The zero-order valence-electron chi connectivity index (χ0n) is 15.8. The third-order valence-corrected chi connectivity index (χ3v) is 4.15. The number of hydrogen-bond acceptors (Lipinski definition) is 7. The Morgan fingerprint density at radius 2 is 1.79 bits per heavy atom. The number of nitrogens with zero attached hydrogens (tertiary/aromatic N) is 2. The van der Waals surface area contributed by atoms with Crippen molar-refractivity contribution in [1.29, 1.82) is 0 Å². The predicted octanol–water partition coefficient (Wildman–Crippen LogP) is 3.32. The lowest BCUT2D eigenvalue weighted by Gasteiger charge is -2.10. The molecule has 7 nitrogen and oxygen atoms in total. The van der Waals surface area contributed by atoms with E-state index in [2.05, 4.69) is 15.3 Å². The summed E-state index contributed by atoms with van der Waals surface area (Å²) in [7, 11) is 3.20. The maximum absolute atomic E-state index is 10.2. The second-order valence-electron chi connectivity index (χ2n) is 6.09. The Kier molecular flexibility index (Phi) is 6.29. The summed E-state index contributed by atoms with van der Waals surface area (Å²) < 4.78 is 10.6. The monoisotopic (exact) mass is 381 g/mol. The number of anilines is 1. The number of aromatic nitrogens is 2. The summed E-state index contributed by atoms with van der Waals surface area (Å²) in [6.07, 6.45) is 4.21. The fourth-order valence-corrected chi connectivity index (χ4v) is 2.75. The molecule has 3 N–H and O–H groups in total. The second-order valence-corrected chi connectivity index (χ2v) is 6.09. The summed E-state index contributed by atoms with van der Waals surface area (Å²) in [5, 5.41) is 23.1. The summed E-state index contributed by atoms with van der Waals surface area (Å²) in [4.78, 5) is 9.01. The quantitative estimate of drug-likeness (QED) is 0.515. The van der Waals surface area contributed by atoms with Crippen LogP contribution in [0.2, 0.25) is 0 Å². The van der Waals surface area contributed by atoms with E-state index in [0.717, 1.165) is 10.9 Å². The van der Waals surface area contributed by atoms with Crippen molar-refractivity contribution in [2.75, 3.05) is 32.7 Å². The molecule has 0 atom stereocenters. The number of ether oxygens (including phenoxy) is 2. The Balaban J connectivity index is 1.98. The van der Waals surface area contributed by atoms with Crippen molar-refractivity contribution < 1.29 is 19.7 Å². The van der Waals surface area contributed by atoms with Crippen LogP contribution in [0, 0.1) is 0 Å². The van der Waals surface area contributed by atoms with Gasteiger partial charge < -0.3 is 25.0 Å². The molecule has 0 aliphatic rings. The second kappa shape index (κ2) is 9.05. The standard InChI is InChI=1S/C21H23N3O4/c1-27-15-11-14(12-16(13-15)28-2)7-8-19-23-20-17(5-3-6-18(20)26)21(24-19)22-9-4-10-25/h3,5-8,11-13,25-26H,4,9-10H2,1-2H3,(H,22,23,24)/b8-7+. The van der Waals surface area contributed by atoms with E-state index in [1.54, 1.807) is 38.5 Å². The number of aromatic hydroxyl groups is 1. The summed E-state index contributed by atoms with van der Waals surface area (Å²) in [6, 6.07) is 10.7. The van der Waals surface area contributed by atoms with Crippen molar-refractivity contribution in [2.45, 2.75) is 6.42 Å². The smallest absolute Gasteiger partial charge is 0.155 e. The minimum atomic E-state index is 0.0859. The van der Waals surface area contributed by atoms with E-state index in [0.29, 0.717) is 41.6 Å². The molecule has 1 heterocycles. The highest BCUT2D eigenvalue weighted by atomic mass is 16.5. The Morgan fingerprint density at radius 3 is 2.46 bits per heavy atom. The Morgan fingerprint density at radius 1 is 1.04 bits per heavy atom. The molecule has 3 rings (SSSR count). The normalized spacial score (nSPS) is 11.1. The van der Waals surface area contributed by atoms with Gasteiger partial charge in [0.2, 0.25) is 0 Å². The predicted molar refractivity (Wildman–Crippen MR) is 110 cm³/mol. The largest absolute Gasteiger partial charge is 0.506 e. The first-order valence-corrected chi connectivity index (χ1v) is 8.90. The number of hydrogen-bond donors (Lipinski definition) is 3. The molecule has 0 bridgehead atoms. The Hall–Kier alpha value is -3.32. The molecule has 0 fully saturated rings. The zero-order chi connectivity index (χ0) is 19.9. The van der Waals surface area contributed by atoms with Gasteiger partial charge in [-0.1, -0.05) is 12.1 Å². The lowest BCUT2D eigenvalue weighted by molar-refractivity contribution is 0.292. The number of nitrogens with one attached hydrogen (secondary N) is 1. The summed E-state index contributed by atoms with van der Waals surface area (Å²) in [6.45, 7) is 0.653. The van der Waals surface area contributed by atoms with Crippen LogP contribution in [0.5, 0.6) is 17.2 Å². The van der Waals surface area contributed by atoms with Crippen LogP contribution in [0.4, 0.5) is 5.82 Å². The van der Waals surface area contributed by atoms with Gasteiger partial charge in [-0.25, -0.2) is 9.97 Å². The SMILES string of the molecule is COc1cc(/C=C/c2nc(NCCCO)c3cccc(O)c3n2)cc(OC)c1. The van der Waals surface area contributed by atoms with E-state index in [4.69, 9.17) is 14.6 Å². The number of methoxy groups -OCH3 is 2.